The third kappa shape index (κ3) is 5.93. The molecule has 2 aliphatic heterocycles. The van der Waals surface area contributed by atoms with E-state index in [-0.39, 0.29) is 40.9 Å². The second-order valence-corrected chi connectivity index (χ2v) is 11.1. The number of hydrogen-bond acceptors (Lipinski definition) is 4. The number of carbonyl (C=O) groups excluding carboxylic acids is 1. The molecule has 0 aliphatic carbocycles. The van der Waals surface area contributed by atoms with Crippen LogP contribution in [0.5, 0.6) is 0 Å². The monoisotopic (exact) mass is 493 g/mol. The molecule has 0 saturated carbocycles. The lowest BCUT2D eigenvalue weighted by Gasteiger charge is -2.34. The summed E-state index contributed by atoms with van der Waals surface area (Å²) >= 11 is 5.75. The van der Waals surface area contributed by atoms with Gasteiger partial charge in [0.25, 0.3) is 0 Å². The molecule has 2 aromatic rings. The van der Waals surface area contributed by atoms with E-state index in [0.717, 1.165) is 44.6 Å². The van der Waals surface area contributed by atoms with Crippen molar-refractivity contribution < 1.29 is 17.6 Å². The zero-order valence-corrected chi connectivity index (χ0v) is 20.0. The van der Waals surface area contributed by atoms with Crippen LogP contribution in [0.25, 0.3) is 0 Å². The quantitative estimate of drug-likeness (QED) is 0.666. The normalized spacial score (nSPS) is 19.5. The Morgan fingerprint density at radius 1 is 1.00 bits per heavy atom. The minimum atomic E-state index is -3.76. The van der Waals surface area contributed by atoms with E-state index in [1.165, 1.54) is 15.9 Å². The number of likely N-dealkylation sites (tertiary alicyclic amines) is 1. The molecule has 2 fully saturated rings. The van der Waals surface area contributed by atoms with Crippen molar-refractivity contribution in [1.82, 2.24) is 14.5 Å². The predicted octanol–water partition coefficient (Wildman–Crippen LogP) is 3.66. The van der Waals surface area contributed by atoms with Gasteiger partial charge < -0.3 is 5.32 Å². The first-order valence-corrected chi connectivity index (χ1v) is 13.2. The Labute approximate surface area is 199 Å². The molecular formula is C24H29ClFN3O3S. The molecule has 0 atom stereocenters. The summed E-state index contributed by atoms with van der Waals surface area (Å²) in [6, 6.07) is 13.9. The molecule has 0 bridgehead atoms. The molecule has 178 valence electrons. The number of piperidine rings is 2. The van der Waals surface area contributed by atoms with Crippen molar-refractivity contribution in [2.45, 2.75) is 43.2 Å². The van der Waals surface area contributed by atoms with Crippen LogP contribution in [-0.2, 0) is 21.4 Å². The first-order valence-electron chi connectivity index (χ1n) is 11.3. The van der Waals surface area contributed by atoms with Gasteiger partial charge in [0.15, 0.2) is 0 Å². The van der Waals surface area contributed by atoms with E-state index in [0.29, 0.717) is 12.8 Å². The van der Waals surface area contributed by atoms with Crippen LogP contribution in [-0.4, -0.2) is 55.8 Å². The summed E-state index contributed by atoms with van der Waals surface area (Å²) in [6.07, 6.45) is 2.76. The number of carbonyl (C=O) groups is 1. The highest BCUT2D eigenvalue weighted by molar-refractivity contribution is 7.89. The lowest BCUT2D eigenvalue weighted by Crippen LogP contribution is -2.48. The van der Waals surface area contributed by atoms with Gasteiger partial charge in [0.1, 0.15) is 5.82 Å². The minimum Gasteiger partial charge on any atom is -0.353 e. The maximum Gasteiger partial charge on any atom is 0.243 e. The van der Waals surface area contributed by atoms with E-state index < -0.39 is 15.8 Å². The molecule has 0 radical (unpaired) electrons. The summed E-state index contributed by atoms with van der Waals surface area (Å²) in [5.41, 5.74) is 1.30. The molecule has 0 aromatic heterocycles. The van der Waals surface area contributed by atoms with Gasteiger partial charge >= 0.3 is 0 Å². The number of sulfonamides is 1. The molecule has 2 heterocycles. The van der Waals surface area contributed by atoms with Gasteiger partial charge in [-0.2, -0.15) is 4.31 Å². The summed E-state index contributed by atoms with van der Waals surface area (Å²) in [5.74, 6) is -0.842. The van der Waals surface area contributed by atoms with Crippen LogP contribution in [0.2, 0.25) is 5.02 Å². The first-order chi connectivity index (χ1) is 15.8. The number of nitrogens with one attached hydrogen (secondary N) is 1. The number of benzene rings is 2. The average Bonchev–Trinajstić information content (AvgIpc) is 2.83. The molecule has 4 rings (SSSR count). The van der Waals surface area contributed by atoms with Gasteiger partial charge in [-0.25, -0.2) is 12.8 Å². The highest BCUT2D eigenvalue weighted by Gasteiger charge is 2.33. The highest BCUT2D eigenvalue weighted by Crippen LogP contribution is 2.27. The Balaban J connectivity index is 1.24. The summed E-state index contributed by atoms with van der Waals surface area (Å²) in [7, 11) is -3.76. The summed E-state index contributed by atoms with van der Waals surface area (Å²) in [4.78, 5) is 15.2. The lowest BCUT2D eigenvalue weighted by atomic mass is 9.95. The molecular weight excluding hydrogens is 465 g/mol. The average molecular weight is 494 g/mol. The Bertz CT molecular complexity index is 1070. The third-order valence-electron chi connectivity index (χ3n) is 6.54. The van der Waals surface area contributed by atoms with Crippen LogP contribution in [0.1, 0.15) is 31.2 Å². The van der Waals surface area contributed by atoms with E-state index in [2.05, 4.69) is 22.3 Å². The topological polar surface area (TPSA) is 69.7 Å². The fourth-order valence-corrected chi connectivity index (χ4v) is 6.28. The van der Waals surface area contributed by atoms with E-state index in [4.69, 9.17) is 11.6 Å². The Hall–Kier alpha value is -2.00. The van der Waals surface area contributed by atoms with E-state index >= 15 is 0 Å². The van der Waals surface area contributed by atoms with Crippen LogP contribution in [0.4, 0.5) is 4.39 Å². The lowest BCUT2D eigenvalue weighted by molar-refractivity contribution is -0.127. The molecule has 0 spiro atoms. The number of amides is 1. The van der Waals surface area contributed by atoms with Gasteiger partial charge in [-0.15, -0.1) is 0 Å². The SMILES string of the molecule is O=C(NC1CCN(Cc2ccccc2)CC1)C1CCN(S(=O)(=O)c2ccc(F)c(Cl)c2)CC1. The molecule has 6 nitrogen and oxygen atoms in total. The van der Waals surface area contributed by atoms with Crippen molar-refractivity contribution in [3.63, 3.8) is 0 Å². The first kappa shape index (κ1) is 24.1. The van der Waals surface area contributed by atoms with Gasteiger partial charge in [-0.05, 0) is 49.4 Å². The molecule has 1 N–H and O–H groups in total. The maximum atomic E-state index is 13.4. The van der Waals surface area contributed by atoms with Gasteiger partial charge in [0.2, 0.25) is 15.9 Å². The van der Waals surface area contributed by atoms with Crippen LogP contribution in [0.3, 0.4) is 0 Å². The second-order valence-electron chi connectivity index (χ2n) is 8.80. The largest absolute Gasteiger partial charge is 0.353 e. The molecule has 2 aromatic carbocycles. The third-order valence-corrected chi connectivity index (χ3v) is 8.72. The molecule has 9 heteroatoms. The van der Waals surface area contributed by atoms with Crippen LogP contribution in [0, 0.1) is 11.7 Å². The highest BCUT2D eigenvalue weighted by atomic mass is 35.5. The van der Waals surface area contributed by atoms with Crippen molar-refractivity contribution >= 4 is 27.5 Å². The number of rotatable bonds is 6. The van der Waals surface area contributed by atoms with Gasteiger partial charge in [0.05, 0.1) is 9.92 Å². The standard InChI is InChI=1S/C24H29ClFN3O3S/c25-22-16-21(6-7-23(22)26)33(31,32)29-14-8-19(9-15-29)24(30)27-20-10-12-28(13-11-20)17-18-4-2-1-3-5-18/h1-7,16,19-20H,8-15,17H2,(H,27,30). The number of halogens is 2. The Morgan fingerprint density at radius 2 is 1.67 bits per heavy atom. The van der Waals surface area contributed by atoms with Gasteiger partial charge in [-0.3, -0.25) is 9.69 Å². The molecule has 0 unspecified atom stereocenters. The van der Waals surface area contributed by atoms with E-state index in [1.807, 2.05) is 18.2 Å². The van der Waals surface area contributed by atoms with Crippen LogP contribution >= 0.6 is 11.6 Å². The van der Waals surface area contributed by atoms with Gasteiger partial charge in [-0.1, -0.05) is 41.9 Å². The number of hydrogen-bond donors (Lipinski definition) is 1. The maximum absolute atomic E-state index is 13.4. The van der Waals surface area contributed by atoms with E-state index in [1.54, 1.807) is 0 Å². The molecule has 33 heavy (non-hydrogen) atoms. The van der Waals surface area contributed by atoms with Gasteiger partial charge in [0, 0.05) is 44.7 Å². The smallest absolute Gasteiger partial charge is 0.243 e. The van der Waals surface area contributed by atoms with Crippen molar-refractivity contribution in [2.75, 3.05) is 26.2 Å². The molecule has 1 amide bonds. The zero-order chi connectivity index (χ0) is 23.4. The summed E-state index contributed by atoms with van der Waals surface area (Å²) in [5, 5.41) is 2.96. The minimum absolute atomic E-state index is 0.0124. The van der Waals surface area contributed by atoms with Crippen molar-refractivity contribution in [2.24, 2.45) is 5.92 Å². The summed E-state index contributed by atoms with van der Waals surface area (Å²) < 4.78 is 40.4. The fraction of sp³-hybridized carbons (Fsp3) is 0.458. The Morgan fingerprint density at radius 3 is 2.30 bits per heavy atom. The second kappa shape index (κ2) is 10.5. The zero-order valence-electron chi connectivity index (χ0n) is 18.4. The van der Waals surface area contributed by atoms with Crippen LogP contribution in [0.15, 0.2) is 53.4 Å². The van der Waals surface area contributed by atoms with Crippen molar-refractivity contribution in [3.05, 3.63) is 64.9 Å². The Kier molecular flexibility index (Phi) is 7.69. The van der Waals surface area contributed by atoms with E-state index in [9.17, 15) is 17.6 Å². The summed E-state index contributed by atoms with van der Waals surface area (Å²) in [6.45, 7) is 3.32. The molecule has 2 aliphatic rings. The predicted molar refractivity (Wildman–Crippen MR) is 126 cm³/mol. The van der Waals surface area contributed by atoms with Crippen LogP contribution < -0.4 is 5.32 Å². The number of nitrogens with zero attached hydrogens (tertiary/aromatic N) is 2. The fourth-order valence-electron chi connectivity index (χ4n) is 4.54. The molecule has 2 saturated heterocycles. The van der Waals surface area contributed by atoms with Crippen molar-refractivity contribution in [1.29, 1.82) is 0 Å². The van der Waals surface area contributed by atoms with Crippen molar-refractivity contribution in [3.8, 4) is 0 Å².